The molecule has 3 amide bonds. The third-order valence-electron chi connectivity index (χ3n) is 3.44. The zero-order valence-electron chi connectivity index (χ0n) is 16.0. The van der Waals surface area contributed by atoms with Gasteiger partial charge < -0.3 is 10.1 Å². The Morgan fingerprint density at radius 1 is 1.17 bits per heavy atom. The van der Waals surface area contributed by atoms with Crippen LogP contribution in [0.4, 0.5) is 10.5 Å². The first-order chi connectivity index (χ1) is 14.2. The average molecular weight is 452 g/mol. The predicted molar refractivity (Wildman–Crippen MR) is 111 cm³/mol. The summed E-state index contributed by atoms with van der Waals surface area (Å²) >= 11 is 7.04. The van der Waals surface area contributed by atoms with E-state index in [1.54, 1.807) is 38.1 Å². The molecule has 0 aliphatic heterocycles. The number of nitro benzene ring substituents is 1. The Kier molecular flexibility index (Phi) is 8.19. The highest BCUT2D eigenvalue weighted by atomic mass is 35.5. The minimum Gasteiger partial charge on any atom is -0.452 e. The van der Waals surface area contributed by atoms with Crippen molar-refractivity contribution in [2.24, 2.45) is 0 Å². The molecule has 0 fully saturated rings. The molecule has 0 aliphatic rings. The fraction of sp³-hybridized carbons (Fsp3) is 0.211. The number of ether oxygens (including phenoxy) is 1. The number of hydrogen-bond donors (Lipinski definition) is 2. The third-order valence-corrected chi connectivity index (χ3v) is 4.78. The molecule has 0 aliphatic carbocycles. The van der Waals surface area contributed by atoms with E-state index in [0.717, 1.165) is 11.0 Å². The first kappa shape index (κ1) is 23.2. The fourth-order valence-electron chi connectivity index (χ4n) is 2.18. The minimum absolute atomic E-state index is 0.0800. The SMILES string of the molecule is CC(C)NC(=O)NC(=O)COC(=O)c1cc([N+](=O)[O-])ccc1Sc1ccc(Cl)cc1. The predicted octanol–water partition coefficient (Wildman–Crippen LogP) is 3.79. The number of nitro groups is 1. The number of halogens is 1. The first-order valence-corrected chi connectivity index (χ1v) is 9.84. The standard InChI is InChI=1S/C19H18ClN3O6S/c1-11(2)21-19(26)22-17(24)10-29-18(25)15-9-13(23(27)28)5-8-16(15)30-14-6-3-12(20)4-7-14/h3-9,11H,10H2,1-2H3,(H2,21,22,24,26). The van der Waals surface area contributed by atoms with Gasteiger partial charge in [-0.15, -0.1) is 0 Å². The van der Waals surface area contributed by atoms with Crippen molar-refractivity contribution in [3.05, 3.63) is 63.2 Å². The summed E-state index contributed by atoms with van der Waals surface area (Å²) in [5.41, 5.74) is -0.383. The topological polar surface area (TPSA) is 128 Å². The molecule has 0 spiro atoms. The van der Waals surface area contributed by atoms with Crippen LogP contribution in [0, 0.1) is 10.1 Å². The highest BCUT2D eigenvalue weighted by molar-refractivity contribution is 7.99. The maximum atomic E-state index is 12.5. The summed E-state index contributed by atoms with van der Waals surface area (Å²) in [7, 11) is 0. The molecule has 0 heterocycles. The summed E-state index contributed by atoms with van der Waals surface area (Å²) in [6, 6.07) is 9.64. The lowest BCUT2D eigenvalue weighted by atomic mass is 10.2. The molecule has 30 heavy (non-hydrogen) atoms. The highest BCUT2D eigenvalue weighted by Crippen LogP contribution is 2.33. The smallest absolute Gasteiger partial charge is 0.340 e. The van der Waals surface area contributed by atoms with Crippen LogP contribution in [0.15, 0.2) is 52.3 Å². The lowest BCUT2D eigenvalue weighted by Gasteiger charge is -2.11. The Morgan fingerprint density at radius 2 is 1.83 bits per heavy atom. The number of benzene rings is 2. The van der Waals surface area contributed by atoms with E-state index in [0.29, 0.717) is 9.92 Å². The number of rotatable bonds is 7. The van der Waals surface area contributed by atoms with Gasteiger partial charge in [0.05, 0.1) is 10.5 Å². The van der Waals surface area contributed by atoms with Gasteiger partial charge in [0.1, 0.15) is 0 Å². The zero-order chi connectivity index (χ0) is 22.3. The molecule has 2 rings (SSSR count). The van der Waals surface area contributed by atoms with Crippen LogP contribution < -0.4 is 10.6 Å². The van der Waals surface area contributed by atoms with E-state index in [1.807, 2.05) is 5.32 Å². The second kappa shape index (κ2) is 10.6. The second-order valence-corrected chi connectivity index (χ2v) is 7.80. The molecular formula is C19H18ClN3O6S. The zero-order valence-corrected chi connectivity index (χ0v) is 17.6. The lowest BCUT2D eigenvalue weighted by molar-refractivity contribution is -0.384. The van der Waals surface area contributed by atoms with E-state index in [-0.39, 0.29) is 17.3 Å². The Hall–Kier alpha value is -3.11. The Labute approximate surface area is 181 Å². The molecule has 2 aromatic carbocycles. The van der Waals surface area contributed by atoms with E-state index >= 15 is 0 Å². The molecule has 2 N–H and O–H groups in total. The van der Waals surface area contributed by atoms with E-state index in [1.165, 1.54) is 23.9 Å². The van der Waals surface area contributed by atoms with Gasteiger partial charge in [-0.05, 0) is 44.2 Å². The maximum Gasteiger partial charge on any atom is 0.340 e. The second-order valence-electron chi connectivity index (χ2n) is 6.25. The number of non-ortho nitro benzene ring substituents is 1. The molecule has 0 atom stereocenters. The van der Waals surface area contributed by atoms with Crippen LogP contribution in [0.5, 0.6) is 0 Å². The number of nitrogens with one attached hydrogen (secondary N) is 2. The Balaban J connectivity index is 2.14. The summed E-state index contributed by atoms with van der Waals surface area (Å²) < 4.78 is 4.94. The largest absolute Gasteiger partial charge is 0.452 e. The van der Waals surface area contributed by atoms with Crippen molar-refractivity contribution < 1.29 is 24.0 Å². The summed E-state index contributed by atoms with van der Waals surface area (Å²) in [4.78, 5) is 47.4. The quantitative estimate of drug-likeness (QED) is 0.372. The number of carbonyl (C=O) groups is 3. The number of imide groups is 1. The maximum absolute atomic E-state index is 12.5. The van der Waals surface area contributed by atoms with Crippen molar-refractivity contribution in [1.82, 2.24) is 10.6 Å². The van der Waals surface area contributed by atoms with Gasteiger partial charge >= 0.3 is 12.0 Å². The monoisotopic (exact) mass is 451 g/mol. The third kappa shape index (κ3) is 7.05. The van der Waals surface area contributed by atoms with Gasteiger partial charge in [-0.3, -0.25) is 20.2 Å². The molecule has 11 heteroatoms. The van der Waals surface area contributed by atoms with Crippen molar-refractivity contribution in [3.63, 3.8) is 0 Å². The van der Waals surface area contributed by atoms with Crippen LogP contribution in [0.1, 0.15) is 24.2 Å². The molecule has 0 saturated heterocycles. The van der Waals surface area contributed by atoms with Gasteiger partial charge in [0.2, 0.25) is 0 Å². The van der Waals surface area contributed by atoms with Crippen LogP contribution in [0.25, 0.3) is 0 Å². The summed E-state index contributed by atoms with van der Waals surface area (Å²) in [6.07, 6.45) is 0. The van der Waals surface area contributed by atoms with Crippen LogP contribution in [0.2, 0.25) is 5.02 Å². The Morgan fingerprint density at radius 3 is 2.43 bits per heavy atom. The molecular weight excluding hydrogens is 434 g/mol. The number of carbonyl (C=O) groups excluding carboxylic acids is 3. The van der Waals surface area contributed by atoms with E-state index in [2.05, 4.69) is 5.32 Å². The Bertz CT molecular complexity index is 965. The molecule has 0 saturated carbocycles. The average Bonchev–Trinajstić information content (AvgIpc) is 2.67. The lowest BCUT2D eigenvalue weighted by Crippen LogP contribution is -2.44. The first-order valence-electron chi connectivity index (χ1n) is 8.65. The van der Waals surface area contributed by atoms with Crippen molar-refractivity contribution in [2.45, 2.75) is 29.7 Å². The van der Waals surface area contributed by atoms with Crippen LogP contribution in [-0.4, -0.2) is 35.5 Å². The van der Waals surface area contributed by atoms with E-state index in [4.69, 9.17) is 16.3 Å². The minimum atomic E-state index is -0.936. The highest BCUT2D eigenvalue weighted by Gasteiger charge is 2.20. The molecule has 0 bridgehead atoms. The molecule has 0 radical (unpaired) electrons. The molecule has 9 nitrogen and oxygen atoms in total. The van der Waals surface area contributed by atoms with Gasteiger partial charge in [0.15, 0.2) is 6.61 Å². The van der Waals surface area contributed by atoms with Gasteiger partial charge in [0, 0.05) is 33.0 Å². The van der Waals surface area contributed by atoms with Crippen LogP contribution >= 0.6 is 23.4 Å². The van der Waals surface area contributed by atoms with Gasteiger partial charge in [0.25, 0.3) is 11.6 Å². The van der Waals surface area contributed by atoms with E-state index < -0.39 is 29.4 Å². The molecule has 0 aromatic heterocycles. The van der Waals surface area contributed by atoms with Crippen molar-refractivity contribution in [3.8, 4) is 0 Å². The molecule has 0 unspecified atom stereocenters. The van der Waals surface area contributed by atoms with Crippen molar-refractivity contribution in [1.29, 1.82) is 0 Å². The summed E-state index contributed by atoms with van der Waals surface area (Å²) in [5, 5.41) is 16.1. The molecule has 158 valence electrons. The van der Waals surface area contributed by atoms with Gasteiger partial charge in [-0.25, -0.2) is 9.59 Å². The van der Waals surface area contributed by atoms with Crippen LogP contribution in [0.3, 0.4) is 0 Å². The fourth-order valence-corrected chi connectivity index (χ4v) is 3.22. The number of nitrogens with zero attached hydrogens (tertiary/aromatic N) is 1. The number of urea groups is 1. The summed E-state index contributed by atoms with van der Waals surface area (Å²) in [5.74, 6) is -1.77. The number of amides is 3. The number of esters is 1. The van der Waals surface area contributed by atoms with Gasteiger partial charge in [-0.2, -0.15) is 0 Å². The number of hydrogen-bond acceptors (Lipinski definition) is 7. The normalized spacial score (nSPS) is 10.4. The van der Waals surface area contributed by atoms with Gasteiger partial charge in [-0.1, -0.05) is 23.4 Å². The van der Waals surface area contributed by atoms with Crippen LogP contribution in [-0.2, 0) is 9.53 Å². The van der Waals surface area contributed by atoms with E-state index in [9.17, 15) is 24.5 Å². The van der Waals surface area contributed by atoms with Crippen molar-refractivity contribution >= 4 is 47.0 Å². The summed E-state index contributed by atoms with van der Waals surface area (Å²) in [6.45, 7) is 2.70. The molecule has 2 aromatic rings. The van der Waals surface area contributed by atoms with Crippen molar-refractivity contribution in [2.75, 3.05) is 6.61 Å².